The Morgan fingerprint density at radius 3 is 2.17 bits per heavy atom. The number of aliphatic hydroxyl groups excluding tert-OH is 2. The normalized spacial score (nSPS) is 10.6. The van der Waals surface area contributed by atoms with Gasteiger partial charge in [0.2, 0.25) is 0 Å². The van der Waals surface area contributed by atoms with Gasteiger partial charge in [0.25, 0.3) is 0 Å². The van der Waals surface area contributed by atoms with Crippen LogP contribution in [0.3, 0.4) is 0 Å². The van der Waals surface area contributed by atoms with Crippen molar-refractivity contribution in [2.24, 2.45) is 0 Å². The van der Waals surface area contributed by atoms with Gasteiger partial charge in [-0.25, -0.2) is 0 Å². The van der Waals surface area contributed by atoms with Gasteiger partial charge in [0.1, 0.15) is 11.9 Å². The third kappa shape index (κ3) is 8.98. The van der Waals surface area contributed by atoms with Crippen LogP contribution in [0.15, 0.2) is 66.9 Å². The maximum absolute atomic E-state index is 8.97. The Morgan fingerprint density at radius 1 is 1.08 bits per heavy atom. The molecule has 24 heavy (non-hydrogen) atoms. The molecule has 4 nitrogen and oxygen atoms in total. The van der Waals surface area contributed by atoms with Gasteiger partial charge in [-0.15, -0.1) is 0 Å². The fraction of sp³-hybridized carbons (Fsp3) is 0.300. The third-order valence-electron chi connectivity index (χ3n) is 2.90. The van der Waals surface area contributed by atoms with Crippen LogP contribution in [0.1, 0.15) is 19.4 Å². The number of hydrogen-bond acceptors (Lipinski definition) is 4. The first-order valence-corrected chi connectivity index (χ1v) is 7.99. The van der Waals surface area contributed by atoms with E-state index in [1.165, 1.54) is 0 Å². The molecule has 3 N–H and O–H groups in total. The van der Waals surface area contributed by atoms with E-state index >= 15 is 0 Å². The molecule has 1 rings (SSSR count). The van der Waals surface area contributed by atoms with Gasteiger partial charge in [-0.1, -0.05) is 57.4 Å². The Labute approximate surface area is 145 Å². The van der Waals surface area contributed by atoms with Crippen molar-refractivity contribution in [3.05, 3.63) is 72.5 Å². The van der Waals surface area contributed by atoms with Crippen molar-refractivity contribution in [3.8, 4) is 5.75 Å². The lowest BCUT2D eigenvalue weighted by molar-refractivity contribution is 0.0629. The maximum Gasteiger partial charge on any atom is 0.145 e. The molecule has 0 aliphatic rings. The number of benzene rings is 1. The standard InChI is InChI=1S/C18H23NO3.C2H6/c1-14(4-6-15(2)19-3)5-7-16-8-10-17(11-9-16)22-18(12-20)13-21;1-2/h4-11,18-21H,1-2,12-13H2,3H3;1-2H3/b6-4-,7-5+;. The lowest BCUT2D eigenvalue weighted by atomic mass is 10.1. The van der Waals surface area contributed by atoms with E-state index in [1.807, 2.05) is 57.3 Å². The fourth-order valence-electron chi connectivity index (χ4n) is 1.53. The number of nitrogens with one attached hydrogen (secondary N) is 1. The van der Waals surface area contributed by atoms with Crippen molar-refractivity contribution in [3.63, 3.8) is 0 Å². The number of likely N-dealkylation sites (N-methyl/N-ethyl adjacent to an activating group) is 1. The molecule has 0 heterocycles. The molecule has 0 aromatic heterocycles. The second-order valence-corrected chi connectivity index (χ2v) is 4.69. The van der Waals surface area contributed by atoms with Crippen molar-refractivity contribution in [2.75, 3.05) is 20.3 Å². The van der Waals surface area contributed by atoms with Gasteiger partial charge >= 0.3 is 0 Å². The van der Waals surface area contributed by atoms with Crippen LogP contribution in [0, 0.1) is 0 Å². The molecule has 0 radical (unpaired) electrons. The zero-order valence-electron chi connectivity index (χ0n) is 14.8. The molecule has 0 saturated heterocycles. The first-order chi connectivity index (χ1) is 11.6. The van der Waals surface area contributed by atoms with Gasteiger partial charge in [-0.05, 0) is 29.3 Å². The first kappa shape index (κ1) is 21.7. The molecule has 0 amide bonds. The fourth-order valence-corrected chi connectivity index (χ4v) is 1.53. The molecule has 1 aromatic rings. The molecule has 4 heteroatoms. The van der Waals surface area contributed by atoms with Crippen molar-refractivity contribution in [1.29, 1.82) is 0 Å². The molecule has 0 saturated carbocycles. The second-order valence-electron chi connectivity index (χ2n) is 4.69. The average molecular weight is 331 g/mol. The maximum atomic E-state index is 8.97. The SMILES string of the molecule is C=C(/C=C\C(=C)NC)/C=C/c1ccc(OC(CO)CO)cc1.CC. The highest BCUT2D eigenvalue weighted by Crippen LogP contribution is 2.15. The van der Waals surface area contributed by atoms with E-state index in [2.05, 4.69) is 18.5 Å². The predicted molar refractivity (Wildman–Crippen MR) is 102 cm³/mol. The Morgan fingerprint density at radius 2 is 1.67 bits per heavy atom. The van der Waals surface area contributed by atoms with Crippen molar-refractivity contribution in [1.82, 2.24) is 5.32 Å². The molecule has 0 fully saturated rings. The summed E-state index contributed by atoms with van der Waals surface area (Å²) >= 11 is 0. The molecule has 0 unspecified atom stereocenters. The minimum absolute atomic E-state index is 0.220. The van der Waals surface area contributed by atoms with Crippen LogP contribution in [-0.2, 0) is 0 Å². The van der Waals surface area contributed by atoms with E-state index in [0.717, 1.165) is 16.8 Å². The summed E-state index contributed by atoms with van der Waals surface area (Å²) in [6, 6.07) is 7.36. The van der Waals surface area contributed by atoms with Gasteiger partial charge in [-0.3, -0.25) is 0 Å². The number of aliphatic hydroxyl groups is 2. The first-order valence-electron chi connectivity index (χ1n) is 7.99. The molecule has 0 bridgehead atoms. The number of allylic oxidation sites excluding steroid dienone is 4. The van der Waals surface area contributed by atoms with Crippen molar-refractivity contribution < 1.29 is 14.9 Å². The molecule has 0 atom stereocenters. The molecule has 132 valence electrons. The highest BCUT2D eigenvalue weighted by atomic mass is 16.5. The van der Waals surface area contributed by atoms with E-state index in [1.54, 1.807) is 12.1 Å². The Bertz CT molecular complexity index is 541. The van der Waals surface area contributed by atoms with Crippen LogP contribution in [0.4, 0.5) is 0 Å². The van der Waals surface area contributed by atoms with E-state index in [9.17, 15) is 0 Å². The van der Waals surface area contributed by atoms with Crippen LogP contribution in [0.2, 0.25) is 0 Å². The molecule has 1 aromatic carbocycles. The van der Waals surface area contributed by atoms with Gasteiger partial charge in [0.05, 0.1) is 13.2 Å². The summed E-state index contributed by atoms with van der Waals surface area (Å²) in [4.78, 5) is 0. The highest BCUT2D eigenvalue weighted by Gasteiger charge is 2.06. The Hall–Kier alpha value is -2.30. The highest BCUT2D eigenvalue weighted by molar-refractivity contribution is 5.55. The minimum atomic E-state index is -0.591. The molecule has 0 spiro atoms. The van der Waals surface area contributed by atoms with Crippen molar-refractivity contribution in [2.45, 2.75) is 20.0 Å². The van der Waals surface area contributed by atoms with Crippen molar-refractivity contribution >= 4 is 6.08 Å². The van der Waals surface area contributed by atoms with E-state index in [-0.39, 0.29) is 13.2 Å². The summed E-state index contributed by atoms with van der Waals surface area (Å²) in [5, 5.41) is 20.9. The van der Waals surface area contributed by atoms with E-state index < -0.39 is 6.10 Å². The van der Waals surface area contributed by atoms with E-state index in [4.69, 9.17) is 14.9 Å². The third-order valence-corrected chi connectivity index (χ3v) is 2.90. The lowest BCUT2D eigenvalue weighted by Gasteiger charge is -2.14. The summed E-state index contributed by atoms with van der Waals surface area (Å²) in [5.41, 5.74) is 2.68. The van der Waals surface area contributed by atoms with Crippen LogP contribution in [0.25, 0.3) is 6.08 Å². The topological polar surface area (TPSA) is 61.7 Å². The number of ether oxygens (including phenoxy) is 1. The summed E-state index contributed by atoms with van der Waals surface area (Å²) in [6.45, 7) is 11.3. The lowest BCUT2D eigenvalue weighted by Crippen LogP contribution is -2.25. The van der Waals surface area contributed by atoms with Crippen LogP contribution < -0.4 is 10.1 Å². The van der Waals surface area contributed by atoms with Gasteiger partial charge in [0, 0.05) is 12.7 Å². The van der Waals surface area contributed by atoms with Crippen LogP contribution >= 0.6 is 0 Å². The summed E-state index contributed by atoms with van der Waals surface area (Å²) in [6.07, 6.45) is 6.98. The van der Waals surface area contributed by atoms with Gasteiger partial charge in [-0.2, -0.15) is 0 Å². The zero-order chi connectivity index (χ0) is 18.4. The largest absolute Gasteiger partial charge is 0.486 e. The Balaban J connectivity index is 0.00000254. The second kappa shape index (κ2) is 13.2. The zero-order valence-corrected chi connectivity index (χ0v) is 14.8. The molecule has 0 aliphatic heterocycles. The summed E-state index contributed by atoms with van der Waals surface area (Å²) in [7, 11) is 1.81. The quantitative estimate of drug-likeness (QED) is 0.608. The number of hydrogen-bond donors (Lipinski definition) is 3. The smallest absolute Gasteiger partial charge is 0.145 e. The average Bonchev–Trinajstić information content (AvgIpc) is 2.64. The van der Waals surface area contributed by atoms with Gasteiger partial charge in [0.15, 0.2) is 0 Å². The predicted octanol–water partition coefficient (Wildman–Crippen LogP) is 3.30. The number of rotatable bonds is 9. The van der Waals surface area contributed by atoms with E-state index in [0.29, 0.717) is 5.75 Å². The van der Waals surface area contributed by atoms with Crippen LogP contribution in [-0.4, -0.2) is 36.6 Å². The monoisotopic (exact) mass is 331 g/mol. The summed E-state index contributed by atoms with van der Waals surface area (Å²) < 4.78 is 5.40. The Kier molecular flexibility index (Phi) is 11.9. The molecule has 0 aliphatic carbocycles. The summed E-state index contributed by atoms with van der Waals surface area (Å²) in [5.74, 6) is 0.606. The molecular weight excluding hydrogens is 302 g/mol. The van der Waals surface area contributed by atoms with Gasteiger partial charge < -0.3 is 20.3 Å². The van der Waals surface area contributed by atoms with Crippen LogP contribution in [0.5, 0.6) is 5.75 Å². The minimum Gasteiger partial charge on any atom is -0.486 e. The molecular formula is C20H29NO3.